The molecule has 2 heterocycles. The number of nitrogens with one attached hydrogen (secondary N) is 1. The van der Waals surface area contributed by atoms with Crippen LogP contribution in [0.1, 0.15) is 30.9 Å². The fraction of sp³-hybridized carbons (Fsp3) is 0.286. The summed E-state index contributed by atoms with van der Waals surface area (Å²) in [7, 11) is 0. The second-order valence-electron chi connectivity index (χ2n) is 6.88. The predicted octanol–water partition coefficient (Wildman–Crippen LogP) is 4.29. The van der Waals surface area contributed by atoms with E-state index in [1.54, 1.807) is 0 Å². The van der Waals surface area contributed by atoms with Crippen LogP contribution < -0.4 is 11.1 Å². The number of rotatable bonds is 5. The number of nitrogens with zero attached hydrogens (tertiary/aromatic N) is 2. The summed E-state index contributed by atoms with van der Waals surface area (Å²) in [5, 5.41) is 0.695. The smallest absolute Gasteiger partial charge is 0.278 e. The van der Waals surface area contributed by atoms with Gasteiger partial charge in [0, 0.05) is 17.6 Å². The van der Waals surface area contributed by atoms with Crippen LogP contribution in [0.4, 0.5) is 0 Å². The maximum atomic E-state index is 12.3. The van der Waals surface area contributed by atoms with Gasteiger partial charge in [-0.15, -0.1) is 0 Å². The van der Waals surface area contributed by atoms with E-state index < -0.39 is 11.1 Å². The molecule has 0 bridgehead atoms. The van der Waals surface area contributed by atoms with Crippen LogP contribution in [0.5, 0.6) is 0 Å². The number of aromatic amines is 1. The molecule has 1 aromatic rings. The molecule has 0 aromatic heterocycles. The molecule has 0 radical (unpaired) electrons. The zero-order valence-corrected chi connectivity index (χ0v) is 16.5. The molecule has 6 heteroatoms. The fourth-order valence-electron chi connectivity index (χ4n) is 3.23. The largest absolute Gasteiger partial charge is 0.338 e. The topological polar surface area (TPSA) is 67.8 Å². The van der Waals surface area contributed by atoms with Crippen LogP contribution in [0, 0.1) is 13.8 Å². The molecular formula is C21H22ClN3O2. The Kier molecular flexibility index (Phi) is 5.33. The molecule has 3 rings (SSSR count). The van der Waals surface area contributed by atoms with Gasteiger partial charge in [0.1, 0.15) is 0 Å². The van der Waals surface area contributed by atoms with Crippen molar-refractivity contribution in [2.24, 2.45) is 0 Å². The maximum Gasteiger partial charge on any atom is 0.278 e. The van der Waals surface area contributed by atoms with Gasteiger partial charge in [0.2, 0.25) is 0 Å². The van der Waals surface area contributed by atoms with Crippen molar-refractivity contribution in [3.63, 3.8) is 0 Å². The number of pyridine rings is 1. The molecule has 0 unspecified atom stereocenters. The number of hydrogen-bond donors (Lipinski definition) is 1. The van der Waals surface area contributed by atoms with E-state index in [1.807, 2.05) is 37.5 Å². The molecule has 0 aliphatic carbocycles. The van der Waals surface area contributed by atoms with Gasteiger partial charge in [-0.25, -0.2) is 4.98 Å². The highest BCUT2D eigenvalue weighted by atomic mass is 35.5. The van der Waals surface area contributed by atoms with Gasteiger partial charge in [0.25, 0.3) is 11.1 Å². The number of hydrogen-bond acceptors (Lipinski definition) is 3. The minimum absolute atomic E-state index is 0.278. The Hall–Kier alpha value is -2.66. The molecule has 5 nitrogen and oxygen atoms in total. The molecule has 0 saturated heterocycles. The molecule has 27 heavy (non-hydrogen) atoms. The van der Waals surface area contributed by atoms with Crippen LogP contribution in [0.25, 0.3) is 22.4 Å². The van der Waals surface area contributed by atoms with Gasteiger partial charge in [0.05, 0.1) is 16.7 Å². The van der Waals surface area contributed by atoms with Gasteiger partial charge >= 0.3 is 0 Å². The first-order chi connectivity index (χ1) is 12.8. The average Bonchev–Trinajstić information content (AvgIpc) is 2.56. The van der Waals surface area contributed by atoms with E-state index in [0.29, 0.717) is 17.3 Å². The molecule has 0 amide bonds. The van der Waals surface area contributed by atoms with E-state index in [9.17, 15) is 9.59 Å². The number of halogens is 1. The number of aryl methyl sites for hydroxylation is 3. The summed E-state index contributed by atoms with van der Waals surface area (Å²) in [5.74, 6) is 0. The number of allylic oxidation sites excluding steroid dienone is 3. The Morgan fingerprint density at radius 2 is 1.96 bits per heavy atom. The second kappa shape index (κ2) is 7.53. The van der Waals surface area contributed by atoms with Crippen molar-refractivity contribution < 1.29 is 0 Å². The minimum Gasteiger partial charge on any atom is -0.338 e. The van der Waals surface area contributed by atoms with Crippen molar-refractivity contribution in [1.29, 1.82) is 0 Å². The highest BCUT2D eigenvalue weighted by Gasteiger charge is 2.17. The molecule has 2 aliphatic heterocycles. The molecular weight excluding hydrogens is 362 g/mol. The predicted molar refractivity (Wildman–Crippen MR) is 111 cm³/mol. The lowest BCUT2D eigenvalue weighted by Crippen LogP contribution is -2.25. The third-order valence-corrected chi connectivity index (χ3v) is 4.76. The van der Waals surface area contributed by atoms with Crippen LogP contribution in [-0.4, -0.2) is 14.5 Å². The normalized spacial score (nSPS) is 12.1. The van der Waals surface area contributed by atoms with Gasteiger partial charge in [-0.05, 0) is 62.9 Å². The van der Waals surface area contributed by atoms with Crippen LogP contribution in [0.3, 0.4) is 0 Å². The Balaban J connectivity index is 2.13. The van der Waals surface area contributed by atoms with E-state index >= 15 is 0 Å². The quantitative estimate of drug-likeness (QED) is 0.528. The van der Waals surface area contributed by atoms with Gasteiger partial charge in [-0.1, -0.05) is 23.8 Å². The Labute approximate surface area is 162 Å². The first-order valence-corrected chi connectivity index (χ1v) is 9.20. The van der Waals surface area contributed by atoms with Crippen LogP contribution in [-0.2, 0) is 6.54 Å². The molecule has 0 fully saturated rings. The summed E-state index contributed by atoms with van der Waals surface area (Å²) in [6.45, 7) is 10.5. The van der Waals surface area contributed by atoms with Crippen LogP contribution >= 0.6 is 11.6 Å². The highest BCUT2D eigenvalue weighted by Crippen LogP contribution is 2.25. The molecule has 1 aromatic carbocycles. The standard InChI is InChI=1S/C21H22ClN3O2/c1-12(8-15(4)22)6-5-7-25-17-10-14(3)13(2)9-16(17)23-20-18(25)11-19(26)24-21(20)27/h8-11H,1,5-7H2,2-4H3,(H,24,26,27). The van der Waals surface area contributed by atoms with Crippen LogP contribution in [0.15, 0.2) is 51.0 Å². The number of fused-ring (bicyclic) bond motifs is 2. The summed E-state index contributed by atoms with van der Waals surface area (Å²) in [4.78, 5) is 31.0. The Morgan fingerprint density at radius 3 is 2.67 bits per heavy atom. The highest BCUT2D eigenvalue weighted by molar-refractivity contribution is 6.29. The summed E-state index contributed by atoms with van der Waals surface area (Å²) in [6.07, 6.45) is 3.41. The number of H-pyrrole nitrogens is 1. The van der Waals surface area contributed by atoms with E-state index in [4.69, 9.17) is 11.6 Å². The maximum absolute atomic E-state index is 12.3. The lowest BCUT2D eigenvalue weighted by atomic mass is 10.1. The fourth-order valence-corrected chi connectivity index (χ4v) is 3.38. The summed E-state index contributed by atoms with van der Waals surface area (Å²) < 4.78 is 2.01. The summed E-state index contributed by atoms with van der Waals surface area (Å²) >= 11 is 5.91. The average molecular weight is 384 g/mol. The Morgan fingerprint density at radius 1 is 1.26 bits per heavy atom. The second-order valence-corrected chi connectivity index (χ2v) is 7.47. The zero-order valence-electron chi connectivity index (χ0n) is 15.7. The first kappa shape index (κ1) is 19.1. The summed E-state index contributed by atoms with van der Waals surface area (Å²) in [6, 6.07) is 5.47. The van der Waals surface area contributed by atoms with Crippen molar-refractivity contribution in [3.05, 3.63) is 73.3 Å². The molecule has 0 saturated carbocycles. The number of aromatic nitrogens is 3. The molecule has 0 atom stereocenters. The molecule has 0 spiro atoms. The first-order valence-electron chi connectivity index (χ1n) is 8.82. The third-order valence-electron chi connectivity index (χ3n) is 4.65. The van der Waals surface area contributed by atoms with Crippen molar-refractivity contribution >= 4 is 22.6 Å². The molecule has 2 aliphatic rings. The van der Waals surface area contributed by atoms with Crippen molar-refractivity contribution in [3.8, 4) is 11.4 Å². The van der Waals surface area contributed by atoms with E-state index in [-0.39, 0.29) is 5.69 Å². The lowest BCUT2D eigenvalue weighted by molar-refractivity contribution is 0.660. The SMILES string of the molecule is C=C(C=C(C)Cl)CCCn1c2cc(=O)[nH]c(=O)c-2nc2cc(C)c(C)cc21. The van der Waals surface area contributed by atoms with Gasteiger partial charge in [-0.2, -0.15) is 0 Å². The Bertz CT molecular complexity index is 1150. The third kappa shape index (κ3) is 4.03. The van der Waals surface area contributed by atoms with Gasteiger partial charge < -0.3 is 4.57 Å². The number of benzene rings is 1. The summed E-state index contributed by atoms with van der Waals surface area (Å²) in [5.41, 5.74) is 4.78. The van der Waals surface area contributed by atoms with Gasteiger partial charge in [0.15, 0.2) is 5.69 Å². The van der Waals surface area contributed by atoms with Crippen molar-refractivity contribution in [2.75, 3.05) is 0 Å². The van der Waals surface area contributed by atoms with E-state index in [0.717, 1.165) is 40.6 Å². The zero-order chi connectivity index (χ0) is 19.7. The monoisotopic (exact) mass is 383 g/mol. The van der Waals surface area contributed by atoms with Gasteiger partial charge in [-0.3, -0.25) is 14.6 Å². The van der Waals surface area contributed by atoms with E-state index in [1.165, 1.54) is 6.07 Å². The van der Waals surface area contributed by atoms with E-state index in [2.05, 4.69) is 22.6 Å². The minimum atomic E-state index is -0.462. The van der Waals surface area contributed by atoms with Crippen molar-refractivity contribution in [1.82, 2.24) is 14.5 Å². The van der Waals surface area contributed by atoms with Crippen LogP contribution in [0.2, 0.25) is 0 Å². The molecule has 140 valence electrons. The van der Waals surface area contributed by atoms with Crippen molar-refractivity contribution in [2.45, 2.75) is 40.2 Å². The molecule has 1 N–H and O–H groups in total. The lowest BCUT2D eigenvalue weighted by Gasteiger charge is -2.19.